The van der Waals surface area contributed by atoms with E-state index in [0.717, 1.165) is 12.2 Å². The van der Waals surface area contributed by atoms with Crippen molar-refractivity contribution in [2.75, 3.05) is 19.3 Å². The van der Waals surface area contributed by atoms with Gasteiger partial charge >= 0.3 is 0 Å². The molecule has 0 amide bonds. The maximum atomic E-state index is 5.34. The van der Waals surface area contributed by atoms with Gasteiger partial charge in [0.25, 0.3) is 0 Å². The zero-order valence-electron chi connectivity index (χ0n) is 6.05. The molecule has 0 aliphatic rings. The third-order valence-electron chi connectivity index (χ3n) is 0.919. The van der Waals surface area contributed by atoms with E-state index in [1.54, 1.807) is 11.8 Å². The van der Waals surface area contributed by atoms with Gasteiger partial charge in [-0.25, -0.2) is 0 Å². The van der Waals surface area contributed by atoms with E-state index in [1.165, 1.54) is 5.04 Å². The summed E-state index contributed by atoms with van der Waals surface area (Å²) in [5.41, 5.74) is 5.34. The smallest absolute Gasteiger partial charge is 0.0684 e. The molecule has 0 aromatic rings. The van der Waals surface area contributed by atoms with Crippen LogP contribution in [0.4, 0.5) is 0 Å². The summed E-state index contributed by atoms with van der Waals surface area (Å²) in [6.07, 6.45) is 0.926. The Morgan fingerprint density at radius 2 is 2.33 bits per heavy atom. The Balaban J connectivity index is 3.43. The number of aliphatic imine (C=N–C) groups is 1. The molecule has 0 atom stereocenters. The van der Waals surface area contributed by atoms with Crippen molar-refractivity contribution < 1.29 is 0 Å². The van der Waals surface area contributed by atoms with Crippen molar-refractivity contribution in [2.45, 2.75) is 13.3 Å². The average molecular weight is 146 g/mol. The van der Waals surface area contributed by atoms with Gasteiger partial charge in [-0.15, -0.1) is 11.8 Å². The fourth-order valence-corrected chi connectivity index (χ4v) is 1.26. The van der Waals surface area contributed by atoms with Gasteiger partial charge in [-0.05, 0) is 12.3 Å². The van der Waals surface area contributed by atoms with Gasteiger partial charge in [0.2, 0.25) is 0 Å². The highest BCUT2D eigenvalue weighted by atomic mass is 32.2. The molecule has 0 spiro atoms. The van der Waals surface area contributed by atoms with Crippen molar-refractivity contribution in [1.82, 2.24) is 0 Å². The van der Waals surface area contributed by atoms with Gasteiger partial charge in [-0.3, -0.25) is 4.99 Å². The molecule has 2 nitrogen and oxygen atoms in total. The molecule has 2 N–H and O–H groups in total. The van der Waals surface area contributed by atoms with Gasteiger partial charge in [0.05, 0.1) is 5.04 Å². The lowest BCUT2D eigenvalue weighted by atomic mass is 10.5. The summed E-state index contributed by atoms with van der Waals surface area (Å²) >= 11 is 1.77. The number of hydrogen-bond donors (Lipinski definition) is 1. The van der Waals surface area contributed by atoms with Gasteiger partial charge in [0.15, 0.2) is 0 Å². The predicted octanol–water partition coefficient (Wildman–Crippen LogP) is 1.12. The van der Waals surface area contributed by atoms with Crippen molar-refractivity contribution in [3.8, 4) is 0 Å². The Morgan fingerprint density at radius 1 is 1.67 bits per heavy atom. The second kappa shape index (κ2) is 6.11. The molecule has 3 heteroatoms. The zero-order valence-corrected chi connectivity index (χ0v) is 6.87. The Bertz CT molecular complexity index is 83.1. The highest BCUT2D eigenvalue weighted by Gasteiger charge is 1.93. The topological polar surface area (TPSA) is 38.4 Å². The largest absolute Gasteiger partial charge is 0.330 e. The standard InChI is InChI=1S/C6H14N2S/c1-3-9-6(8-2)4-5-7/h3-5,7H2,1-2H3. The molecule has 0 saturated carbocycles. The van der Waals surface area contributed by atoms with E-state index in [2.05, 4.69) is 11.9 Å². The molecule has 0 fully saturated rings. The van der Waals surface area contributed by atoms with E-state index < -0.39 is 0 Å². The second-order valence-corrected chi connectivity index (χ2v) is 2.93. The summed E-state index contributed by atoms with van der Waals surface area (Å²) in [5.74, 6) is 1.09. The summed E-state index contributed by atoms with van der Waals surface area (Å²) in [4.78, 5) is 4.07. The van der Waals surface area contributed by atoms with Crippen LogP contribution in [0.25, 0.3) is 0 Å². The molecule has 0 radical (unpaired) electrons. The van der Waals surface area contributed by atoms with E-state index in [9.17, 15) is 0 Å². The van der Waals surface area contributed by atoms with Gasteiger partial charge in [0, 0.05) is 13.5 Å². The number of rotatable bonds is 3. The van der Waals surface area contributed by atoms with Crippen LogP contribution >= 0.6 is 11.8 Å². The van der Waals surface area contributed by atoms with E-state index in [0.29, 0.717) is 6.54 Å². The summed E-state index contributed by atoms with van der Waals surface area (Å²) in [6, 6.07) is 0. The predicted molar refractivity (Wildman–Crippen MR) is 45.2 cm³/mol. The molecule has 9 heavy (non-hydrogen) atoms. The SMILES string of the molecule is CCSC(CCN)=NC. The first kappa shape index (κ1) is 8.98. The van der Waals surface area contributed by atoms with Crippen LogP contribution < -0.4 is 5.73 Å². The lowest BCUT2D eigenvalue weighted by Gasteiger charge is -1.98. The molecular formula is C6H14N2S. The Hall–Kier alpha value is -0.0200. The molecule has 54 valence electrons. The Morgan fingerprint density at radius 3 is 2.67 bits per heavy atom. The quantitative estimate of drug-likeness (QED) is 0.478. The minimum absolute atomic E-state index is 0.708. The van der Waals surface area contributed by atoms with E-state index in [-0.39, 0.29) is 0 Å². The normalized spacial score (nSPS) is 12.1. The first-order chi connectivity index (χ1) is 4.35. The van der Waals surface area contributed by atoms with E-state index >= 15 is 0 Å². The van der Waals surface area contributed by atoms with Crippen LogP contribution in [-0.4, -0.2) is 24.4 Å². The monoisotopic (exact) mass is 146 g/mol. The number of hydrogen-bond acceptors (Lipinski definition) is 3. The molecule has 0 rings (SSSR count). The molecule has 0 bridgehead atoms. The summed E-state index contributed by atoms with van der Waals surface area (Å²) in [5, 5.41) is 1.17. The van der Waals surface area contributed by atoms with Gasteiger partial charge in [-0.2, -0.15) is 0 Å². The third-order valence-corrected chi connectivity index (χ3v) is 1.93. The Labute approximate surface area is 60.9 Å². The molecule has 0 aromatic carbocycles. The zero-order chi connectivity index (χ0) is 7.11. The molecule has 0 unspecified atom stereocenters. The van der Waals surface area contributed by atoms with Gasteiger partial charge in [0.1, 0.15) is 0 Å². The summed E-state index contributed by atoms with van der Waals surface area (Å²) in [7, 11) is 1.81. The van der Waals surface area contributed by atoms with E-state index in [1.807, 2.05) is 7.05 Å². The average Bonchev–Trinajstić information content (AvgIpc) is 1.88. The van der Waals surface area contributed by atoms with Gasteiger partial charge in [-0.1, -0.05) is 6.92 Å². The van der Waals surface area contributed by atoms with Crippen LogP contribution in [0.2, 0.25) is 0 Å². The molecular weight excluding hydrogens is 132 g/mol. The highest BCUT2D eigenvalue weighted by Crippen LogP contribution is 2.04. The Kier molecular flexibility index (Phi) is 6.09. The fourth-order valence-electron chi connectivity index (χ4n) is 0.539. The molecule has 0 heterocycles. The number of nitrogens with two attached hydrogens (primary N) is 1. The second-order valence-electron chi connectivity index (χ2n) is 1.59. The molecule has 0 aliphatic carbocycles. The van der Waals surface area contributed by atoms with Crippen LogP contribution in [0.15, 0.2) is 4.99 Å². The van der Waals surface area contributed by atoms with Crippen LogP contribution in [0.3, 0.4) is 0 Å². The van der Waals surface area contributed by atoms with Crippen LogP contribution in [-0.2, 0) is 0 Å². The maximum absolute atomic E-state index is 5.34. The lowest BCUT2D eigenvalue weighted by molar-refractivity contribution is 1.05. The number of nitrogens with zero attached hydrogens (tertiary/aromatic N) is 1. The van der Waals surface area contributed by atoms with Crippen LogP contribution in [0, 0.1) is 0 Å². The maximum Gasteiger partial charge on any atom is 0.0684 e. The molecule has 0 aromatic heterocycles. The number of thioether (sulfide) groups is 1. The summed E-state index contributed by atoms with van der Waals surface area (Å²) in [6.45, 7) is 2.83. The summed E-state index contributed by atoms with van der Waals surface area (Å²) < 4.78 is 0. The van der Waals surface area contributed by atoms with E-state index in [4.69, 9.17) is 5.73 Å². The lowest BCUT2D eigenvalue weighted by Crippen LogP contribution is -2.04. The van der Waals surface area contributed by atoms with Crippen molar-refractivity contribution in [2.24, 2.45) is 10.7 Å². The minimum atomic E-state index is 0.708. The van der Waals surface area contributed by atoms with Gasteiger partial charge < -0.3 is 5.73 Å². The van der Waals surface area contributed by atoms with Crippen molar-refractivity contribution >= 4 is 16.8 Å². The minimum Gasteiger partial charge on any atom is -0.330 e. The first-order valence-electron chi connectivity index (χ1n) is 3.13. The fraction of sp³-hybridized carbons (Fsp3) is 0.833. The molecule has 0 aliphatic heterocycles. The molecule has 0 saturated heterocycles. The van der Waals surface area contributed by atoms with Crippen LogP contribution in [0.1, 0.15) is 13.3 Å². The van der Waals surface area contributed by atoms with Crippen LogP contribution in [0.5, 0.6) is 0 Å². The van der Waals surface area contributed by atoms with Crippen molar-refractivity contribution in [1.29, 1.82) is 0 Å². The third kappa shape index (κ3) is 4.48. The van der Waals surface area contributed by atoms with Crippen molar-refractivity contribution in [3.05, 3.63) is 0 Å². The highest BCUT2D eigenvalue weighted by molar-refractivity contribution is 8.13. The van der Waals surface area contributed by atoms with Crippen molar-refractivity contribution in [3.63, 3.8) is 0 Å². The first-order valence-corrected chi connectivity index (χ1v) is 4.12.